The summed E-state index contributed by atoms with van der Waals surface area (Å²) >= 11 is 0. The summed E-state index contributed by atoms with van der Waals surface area (Å²) in [6.07, 6.45) is 2.92. The van der Waals surface area contributed by atoms with Crippen LogP contribution in [-0.2, 0) is 0 Å². The number of hydrogen-bond donors (Lipinski definition) is 1. The van der Waals surface area contributed by atoms with E-state index in [0.717, 1.165) is 0 Å². The SMILES string of the molecule is COc1ccc(NC=CC(=O)c2ccc(C(C)C)cc2)cc1F. The van der Waals surface area contributed by atoms with Gasteiger partial charge in [0.1, 0.15) is 0 Å². The van der Waals surface area contributed by atoms with E-state index in [2.05, 4.69) is 19.2 Å². The fourth-order valence-corrected chi connectivity index (χ4v) is 2.10. The Morgan fingerprint density at radius 1 is 1.17 bits per heavy atom. The zero-order valence-corrected chi connectivity index (χ0v) is 13.5. The molecule has 3 nitrogen and oxygen atoms in total. The molecule has 0 spiro atoms. The molecule has 0 saturated carbocycles. The molecule has 120 valence electrons. The van der Waals surface area contributed by atoms with E-state index in [9.17, 15) is 9.18 Å². The van der Waals surface area contributed by atoms with Gasteiger partial charge in [-0.15, -0.1) is 0 Å². The minimum Gasteiger partial charge on any atom is -0.494 e. The number of ether oxygens (including phenoxy) is 1. The molecule has 0 heterocycles. The van der Waals surface area contributed by atoms with Crippen LogP contribution in [-0.4, -0.2) is 12.9 Å². The molecule has 0 fully saturated rings. The van der Waals surface area contributed by atoms with Gasteiger partial charge in [-0.2, -0.15) is 0 Å². The molecule has 0 aliphatic rings. The predicted octanol–water partition coefficient (Wildman–Crippen LogP) is 4.77. The van der Waals surface area contributed by atoms with Crippen LogP contribution in [0.3, 0.4) is 0 Å². The minimum atomic E-state index is -0.457. The molecule has 1 N–H and O–H groups in total. The summed E-state index contributed by atoms with van der Waals surface area (Å²) in [5.74, 6) is 0.0467. The van der Waals surface area contributed by atoms with E-state index >= 15 is 0 Å². The van der Waals surface area contributed by atoms with Crippen molar-refractivity contribution in [2.45, 2.75) is 19.8 Å². The molecule has 0 bridgehead atoms. The van der Waals surface area contributed by atoms with E-state index in [1.807, 2.05) is 24.3 Å². The highest BCUT2D eigenvalue weighted by Gasteiger charge is 2.04. The van der Waals surface area contributed by atoms with Gasteiger partial charge < -0.3 is 10.1 Å². The van der Waals surface area contributed by atoms with Crippen LogP contribution < -0.4 is 10.1 Å². The van der Waals surface area contributed by atoms with Crippen molar-refractivity contribution in [3.05, 3.63) is 71.7 Å². The van der Waals surface area contributed by atoms with Crippen molar-refractivity contribution < 1.29 is 13.9 Å². The molecule has 0 aliphatic heterocycles. The highest BCUT2D eigenvalue weighted by Crippen LogP contribution is 2.20. The topological polar surface area (TPSA) is 38.3 Å². The number of halogens is 1. The molecule has 23 heavy (non-hydrogen) atoms. The molecule has 0 atom stereocenters. The molecule has 0 aromatic heterocycles. The summed E-state index contributed by atoms with van der Waals surface area (Å²) in [6.45, 7) is 4.21. The summed E-state index contributed by atoms with van der Waals surface area (Å²) in [6, 6.07) is 12.1. The van der Waals surface area contributed by atoms with Gasteiger partial charge in [-0.05, 0) is 23.6 Å². The average molecular weight is 313 g/mol. The number of benzene rings is 2. The monoisotopic (exact) mass is 313 g/mol. The quantitative estimate of drug-likeness (QED) is 0.617. The van der Waals surface area contributed by atoms with E-state index in [0.29, 0.717) is 17.2 Å². The first kappa shape index (κ1) is 16.7. The number of ketones is 1. The zero-order chi connectivity index (χ0) is 16.8. The fraction of sp³-hybridized carbons (Fsp3) is 0.211. The van der Waals surface area contributed by atoms with Crippen molar-refractivity contribution in [2.75, 3.05) is 12.4 Å². The Morgan fingerprint density at radius 3 is 2.43 bits per heavy atom. The lowest BCUT2D eigenvalue weighted by Crippen LogP contribution is -1.98. The summed E-state index contributed by atoms with van der Waals surface area (Å²) in [5, 5.41) is 2.87. The van der Waals surface area contributed by atoms with Crippen molar-refractivity contribution in [1.82, 2.24) is 0 Å². The van der Waals surface area contributed by atoms with Crippen molar-refractivity contribution >= 4 is 11.5 Å². The Morgan fingerprint density at radius 2 is 1.87 bits per heavy atom. The standard InChI is InChI=1S/C19H20FNO2/c1-13(2)14-4-6-15(7-5-14)18(22)10-11-21-16-8-9-19(23-3)17(20)12-16/h4-13,21H,1-3H3. The molecule has 0 amide bonds. The number of nitrogens with one attached hydrogen (secondary N) is 1. The molecular formula is C19H20FNO2. The summed E-state index contributed by atoms with van der Waals surface area (Å²) in [7, 11) is 1.41. The van der Waals surface area contributed by atoms with Gasteiger partial charge in [-0.1, -0.05) is 38.1 Å². The summed E-state index contributed by atoms with van der Waals surface area (Å²) in [4.78, 5) is 12.1. The van der Waals surface area contributed by atoms with E-state index < -0.39 is 5.82 Å². The second-order valence-corrected chi connectivity index (χ2v) is 5.47. The largest absolute Gasteiger partial charge is 0.494 e. The number of hydrogen-bond acceptors (Lipinski definition) is 3. The van der Waals surface area contributed by atoms with Gasteiger partial charge in [0, 0.05) is 29.6 Å². The third-order valence-corrected chi connectivity index (χ3v) is 3.50. The first-order valence-corrected chi connectivity index (χ1v) is 7.42. The number of anilines is 1. The first-order valence-electron chi connectivity index (χ1n) is 7.42. The third-order valence-electron chi connectivity index (χ3n) is 3.50. The number of carbonyl (C=O) groups is 1. The molecule has 2 aromatic carbocycles. The predicted molar refractivity (Wildman–Crippen MR) is 90.6 cm³/mol. The van der Waals surface area contributed by atoms with Crippen LogP contribution in [0.5, 0.6) is 5.75 Å². The lowest BCUT2D eigenvalue weighted by molar-refractivity contribution is 0.104. The van der Waals surface area contributed by atoms with Gasteiger partial charge in [0.2, 0.25) is 0 Å². The van der Waals surface area contributed by atoms with Gasteiger partial charge in [-0.3, -0.25) is 4.79 Å². The number of carbonyl (C=O) groups excluding carboxylic acids is 1. The molecule has 0 saturated heterocycles. The highest BCUT2D eigenvalue weighted by atomic mass is 19.1. The number of rotatable bonds is 6. The van der Waals surface area contributed by atoms with Crippen LogP contribution in [0.2, 0.25) is 0 Å². The lowest BCUT2D eigenvalue weighted by Gasteiger charge is -2.06. The molecule has 0 aliphatic carbocycles. The minimum absolute atomic E-state index is 0.109. The summed E-state index contributed by atoms with van der Waals surface area (Å²) < 4.78 is 18.4. The zero-order valence-electron chi connectivity index (χ0n) is 13.5. The third kappa shape index (κ3) is 4.42. The van der Waals surface area contributed by atoms with E-state index in [-0.39, 0.29) is 11.5 Å². The molecule has 2 rings (SSSR count). The maximum atomic E-state index is 13.5. The number of methoxy groups -OCH3 is 1. The van der Waals surface area contributed by atoms with Gasteiger partial charge in [0.15, 0.2) is 17.3 Å². The van der Waals surface area contributed by atoms with Gasteiger partial charge >= 0.3 is 0 Å². The second kappa shape index (κ2) is 7.58. The van der Waals surface area contributed by atoms with Crippen LogP contribution >= 0.6 is 0 Å². The van der Waals surface area contributed by atoms with Gasteiger partial charge in [0.05, 0.1) is 7.11 Å². The number of allylic oxidation sites excluding steroid dienone is 1. The van der Waals surface area contributed by atoms with Gasteiger partial charge in [-0.25, -0.2) is 4.39 Å². The smallest absolute Gasteiger partial charge is 0.187 e. The van der Waals surface area contributed by atoms with E-state index in [1.54, 1.807) is 6.07 Å². The lowest BCUT2D eigenvalue weighted by atomic mass is 10.0. The molecule has 2 aromatic rings. The van der Waals surface area contributed by atoms with Crippen molar-refractivity contribution in [2.24, 2.45) is 0 Å². The van der Waals surface area contributed by atoms with Crippen LogP contribution in [0, 0.1) is 5.82 Å². The van der Waals surface area contributed by atoms with Crippen LogP contribution in [0.25, 0.3) is 0 Å². The maximum Gasteiger partial charge on any atom is 0.187 e. The van der Waals surface area contributed by atoms with E-state index in [1.165, 1.54) is 37.1 Å². The molecule has 4 heteroatoms. The normalized spacial score (nSPS) is 11.0. The first-order chi connectivity index (χ1) is 11.0. The van der Waals surface area contributed by atoms with Crippen molar-refractivity contribution in [3.8, 4) is 5.75 Å². The van der Waals surface area contributed by atoms with Crippen LogP contribution in [0.1, 0.15) is 35.7 Å². The van der Waals surface area contributed by atoms with Gasteiger partial charge in [0.25, 0.3) is 0 Å². The van der Waals surface area contributed by atoms with Crippen LogP contribution in [0.15, 0.2) is 54.7 Å². The van der Waals surface area contributed by atoms with E-state index in [4.69, 9.17) is 4.74 Å². The Balaban J connectivity index is 1.99. The Bertz CT molecular complexity index is 706. The Kier molecular flexibility index (Phi) is 5.52. The molecule has 0 unspecified atom stereocenters. The molecule has 0 radical (unpaired) electrons. The van der Waals surface area contributed by atoms with Crippen molar-refractivity contribution in [3.63, 3.8) is 0 Å². The maximum absolute atomic E-state index is 13.5. The highest BCUT2D eigenvalue weighted by molar-refractivity contribution is 6.04. The Hall–Kier alpha value is -2.62. The van der Waals surface area contributed by atoms with Crippen molar-refractivity contribution in [1.29, 1.82) is 0 Å². The fourth-order valence-electron chi connectivity index (χ4n) is 2.10. The Labute approximate surface area is 135 Å². The second-order valence-electron chi connectivity index (χ2n) is 5.47. The average Bonchev–Trinajstić information content (AvgIpc) is 2.55. The summed E-state index contributed by atoms with van der Waals surface area (Å²) in [5.41, 5.74) is 2.35. The van der Waals surface area contributed by atoms with Crippen LogP contribution in [0.4, 0.5) is 10.1 Å². The molecular weight excluding hydrogens is 293 g/mol.